The van der Waals surface area contributed by atoms with Crippen LogP contribution in [0.3, 0.4) is 0 Å². The molecule has 9 aromatic rings. The fraction of sp³-hybridized carbons (Fsp3) is 0.0769. The first-order chi connectivity index (χ1) is 20.6. The van der Waals surface area contributed by atoms with E-state index in [-0.39, 0.29) is 5.41 Å². The smallest absolute Gasteiger partial charge is 0.135 e. The van der Waals surface area contributed by atoms with Gasteiger partial charge in [-0.25, -0.2) is 0 Å². The summed E-state index contributed by atoms with van der Waals surface area (Å²) in [6.45, 7) is 4.82. The van der Waals surface area contributed by atoms with Crippen LogP contribution in [0, 0.1) is 0 Å². The van der Waals surface area contributed by atoms with E-state index in [2.05, 4.69) is 128 Å². The monoisotopic (exact) mass is 555 g/mol. The molecule has 198 valence electrons. The molecule has 0 amide bonds. The van der Waals surface area contributed by atoms with E-state index < -0.39 is 0 Å². The summed E-state index contributed by atoms with van der Waals surface area (Å²) in [5.74, 6) is 0. The van der Waals surface area contributed by atoms with Crippen LogP contribution in [0.25, 0.3) is 80.7 Å². The first-order valence-electron chi connectivity index (χ1n) is 14.5. The van der Waals surface area contributed by atoms with Gasteiger partial charge in [0.1, 0.15) is 11.2 Å². The Labute approximate surface area is 246 Å². The van der Waals surface area contributed by atoms with Crippen LogP contribution in [0.5, 0.6) is 0 Å². The van der Waals surface area contributed by atoms with Gasteiger partial charge < -0.3 is 8.98 Å². The largest absolute Gasteiger partial charge is 0.456 e. The summed E-state index contributed by atoms with van der Waals surface area (Å²) in [4.78, 5) is 0. The Kier molecular flexibility index (Phi) is 4.18. The van der Waals surface area contributed by atoms with Crippen molar-refractivity contribution < 1.29 is 4.42 Å². The standard InChI is InChI=1S/C39H25NOS/c1-39(2)28-15-7-3-12-24(28)33-34-26-14-6-10-18-32(26)42-38(34)35-25-13-4-8-16-29(25)40(37(35)36(33)39)22-19-20-31-27(21-22)23-11-5-9-17-30(23)41-31/h3-21H,1-2H3. The Balaban J connectivity index is 1.48. The van der Waals surface area contributed by atoms with Crippen LogP contribution in [0.2, 0.25) is 0 Å². The lowest BCUT2D eigenvalue weighted by atomic mass is 9.81. The van der Waals surface area contributed by atoms with Gasteiger partial charge in [0.2, 0.25) is 0 Å². The van der Waals surface area contributed by atoms with Crippen LogP contribution >= 0.6 is 11.3 Å². The molecule has 3 heterocycles. The highest BCUT2D eigenvalue weighted by Gasteiger charge is 2.41. The van der Waals surface area contributed by atoms with Crippen molar-refractivity contribution in [2.24, 2.45) is 0 Å². The zero-order valence-electron chi connectivity index (χ0n) is 23.2. The minimum Gasteiger partial charge on any atom is -0.456 e. The van der Waals surface area contributed by atoms with Crippen molar-refractivity contribution in [2.75, 3.05) is 0 Å². The summed E-state index contributed by atoms with van der Waals surface area (Å²) in [7, 11) is 0. The average molecular weight is 556 g/mol. The van der Waals surface area contributed by atoms with Gasteiger partial charge in [0.15, 0.2) is 0 Å². The lowest BCUT2D eigenvalue weighted by molar-refractivity contribution is 0.664. The first kappa shape index (κ1) is 22.8. The highest BCUT2D eigenvalue weighted by atomic mass is 32.1. The third-order valence-electron chi connectivity index (χ3n) is 9.55. The number of aromatic nitrogens is 1. The molecule has 0 unspecified atom stereocenters. The predicted octanol–water partition coefficient (Wildman–Crippen LogP) is 11.4. The lowest BCUT2D eigenvalue weighted by Crippen LogP contribution is -2.16. The Bertz CT molecular complexity index is 2610. The van der Waals surface area contributed by atoms with Crippen molar-refractivity contribution in [3.63, 3.8) is 0 Å². The molecule has 0 bridgehead atoms. The molecule has 0 aliphatic heterocycles. The Hall–Kier alpha value is -4.86. The molecule has 0 spiro atoms. The summed E-state index contributed by atoms with van der Waals surface area (Å²) in [6.07, 6.45) is 0. The number of benzene rings is 6. The summed E-state index contributed by atoms with van der Waals surface area (Å²) < 4.78 is 11.5. The van der Waals surface area contributed by atoms with Crippen molar-refractivity contribution in [3.05, 3.63) is 126 Å². The molecule has 6 aromatic carbocycles. The molecular formula is C39H25NOS. The molecule has 1 aliphatic carbocycles. The molecule has 1 aliphatic rings. The SMILES string of the molecule is CC1(C)c2ccccc2-c2c1c1c(c3ccccc3n1-c1ccc3oc4ccccc4c3c1)c1sc3ccccc3c21. The van der Waals surface area contributed by atoms with Crippen LogP contribution < -0.4 is 0 Å². The third kappa shape index (κ3) is 2.66. The second kappa shape index (κ2) is 7.70. The molecule has 0 N–H and O–H groups in total. The normalized spacial score (nSPS) is 14.1. The predicted molar refractivity (Wildman–Crippen MR) is 179 cm³/mol. The fourth-order valence-electron chi connectivity index (χ4n) is 7.80. The van der Waals surface area contributed by atoms with E-state index in [9.17, 15) is 0 Å². The molecule has 0 saturated heterocycles. The zero-order chi connectivity index (χ0) is 27.7. The van der Waals surface area contributed by atoms with Gasteiger partial charge in [-0.1, -0.05) is 92.7 Å². The highest BCUT2D eigenvalue weighted by molar-refractivity contribution is 7.27. The van der Waals surface area contributed by atoms with E-state index in [4.69, 9.17) is 4.42 Å². The van der Waals surface area contributed by atoms with Gasteiger partial charge in [-0.3, -0.25) is 0 Å². The third-order valence-corrected chi connectivity index (χ3v) is 10.7. The molecule has 0 saturated carbocycles. The number of thiophene rings is 1. The Morgan fingerprint density at radius 1 is 0.643 bits per heavy atom. The lowest BCUT2D eigenvalue weighted by Gasteiger charge is -2.24. The summed E-state index contributed by atoms with van der Waals surface area (Å²) in [5.41, 5.74) is 11.0. The van der Waals surface area contributed by atoms with Crippen LogP contribution in [-0.4, -0.2) is 4.57 Å². The second-order valence-electron chi connectivity index (χ2n) is 12.1. The maximum Gasteiger partial charge on any atom is 0.135 e. The minimum atomic E-state index is -0.167. The van der Waals surface area contributed by atoms with Crippen LogP contribution in [0.15, 0.2) is 120 Å². The summed E-state index contributed by atoms with van der Waals surface area (Å²) in [5, 5.41) is 7.71. The number of fused-ring (bicyclic) bond motifs is 15. The highest BCUT2D eigenvalue weighted by Crippen LogP contribution is 2.58. The van der Waals surface area contributed by atoms with Gasteiger partial charge in [0.05, 0.1) is 11.0 Å². The van der Waals surface area contributed by atoms with Crippen molar-refractivity contribution >= 4 is 75.3 Å². The van der Waals surface area contributed by atoms with Crippen molar-refractivity contribution in [1.82, 2.24) is 4.57 Å². The number of para-hydroxylation sites is 2. The Morgan fingerprint density at radius 2 is 1.36 bits per heavy atom. The number of nitrogens with zero attached hydrogens (tertiary/aromatic N) is 1. The minimum absolute atomic E-state index is 0.167. The van der Waals surface area contributed by atoms with Crippen molar-refractivity contribution in [3.8, 4) is 16.8 Å². The molecule has 0 atom stereocenters. The number of furan rings is 1. The second-order valence-corrected chi connectivity index (χ2v) is 13.1. The van der Waals surface area contributed by atoms with Gasteiger partial charge in [-0.15, -0.1) is 11.3 Å². The van der Waals surface area contributed by atoms with E-state index in [1.807, 2.05) is 17.4 Å². The van der Waals surface area contributed by atoms with Crippen molar-refractivity contribution in [1.29, 1.82) is 0 Å². The first-order valence-corrected chi connectivity index (χ1v) is 15.4. The van der Waals surface area contributed by atoms with E-state index in [0.717, 1.165) is 27.6 Å². The van der Waals surface area contributed by atoms with Crippen LogP contribution in [0.4, 0.5) is 0 Å². The van der Waals surface area contributed by atoms with Gasteiger partial charge in [-0.2, -0.15) is 0 Å². The molecule has 3 aromatic heterocycles. The van der Waals surface area contributed by atoms with E-state index in [1.165, 1.54) is 64.2 Å². The molecule has 3 heteroatoms. The van der Waals surface area contributed by atoms with Gasteiger partial charge in [0.25, 0.3) is 0 Å². The van der Waals surface area contributed by atoms with Crippen LogP contribution in [-0.2, 0) is 5.41 Å². The molecule has 0 fully saturated rings. The summed E-state index contributed by atoms with van der Waals surface area (Å²) >= 11 is 1.93. The maximum absolute atomic E-state index is 6.23. The topological polar surface area (TPSA) is 18.1 Å². The summed E-state index contributed by atoms with van der Waals surface area (Å²) in [6, 6.07) is 42.0. The van der Waals surface area contributed by atoms with Gasteiger partial charge in [-0.05, 0) is 58.7 Å². The molecule has 42 heavy (non-hydrogen) atoms. The zero-order valence-corrected chi connectivity index (χ0v) is 24.0. The average Bonchev–Trinajstić information content (AvgIpc) is 3.74. The number of hydrogen-bond acceptors (Lipinski definition) is 2. The fourth-order valence-corrected chi connectivity index (χ4v) is 9.07. The quantitative estimate of drug-likeness (QED) is 0.197. The van der Waals surface area contributed by atoms with Gasteiger partial charge >= 0.3 is 0 Å². The van der Waals surface area contributed by atoms with Crippen LogP contribution in [0.1, 0.15) is 25.0 Å². The Morgan fingerprint density at radius 3 is 2.26 bits per heavy atom. The van der Waals surface area contributed by atoms with Crippen molar-refractivity contribution in [2.45, 2.75) is 19.3 Å². The number of rotatable bonds is 1. The molecular weight excluding hydrogens is 531 g/mol. The van der Waals surface area contributed by atoms with E-state index >= 15 is 0 Å². The number of hydrogen-bond donors (Lipinski definition) is 0. The molecule has 2 nitrogen and oxygen atoms in total. The van der Waals surface area contributed by atoms with Gasteiger partial charge in [0, 0.05) is 52.8 Å². The van der Waals surface area contributed by atoms with E-state index in [0.29, 0.717) is 0 Å². The van der Waals surface area contributed by atoms with E-state index in [1.54, 1.807) is 0 Å². The molecule has 10 rings (SSSR count). The molecule has 0 radical (unpaired) electrons. The maximum atomic E-state index is 6.23.